The Balaban J connectivity index is 1.05. The minimum absolute atomic E-state index is 1.15. The molecule has 0 saturated carbocycles. The Labute approximate surface area is 352 Å². The predicted molar refractivity (Wildman–Crippen MR) is 258 cm³/mol. The maximum absolute atomic E-state index is 2.53. The molecule has 61 heavy (non-hydrogen) atoms. The van der Waals surface area contributed by atoms with E-state index in [4.69, 9.17) is 0 Å². The zero-order chi connectivity index (χ0) is 40.0. The molecule has 0 aliphatic rings. The van der Waals surface area contributed by atoms with Gasteiger partial charge in [0.1, 0.15) is 0 Å². The van der Waals surface area contributed by atoms with Gasteiger partial charge in [-0.2, -0.15) is 0 Å². The van der Waals surface area contributed by atoms with Crippen LogP contribution in [0.2, 0.25) is 0 Å². The van der Waals surface area contributed by atoms with Crippen LogP contribution < -0.4 is 0 Å². The molecule has 3 aromatic heterocycles. The minimum atomic E-state index is 1.15. The first-order chi connectivity index (χ1) is 30.3. The summed E-state index contributed by atoms with van der Waals surface area (Å²) in [4.78, 5) is 0. The smallest absolute Gasteiger partial charge is 0.0641 e. The van der Waals surface area contributed by atoms with E-state index in [1.165, 1.54) is 104 Å². The van der Waals surface area contributed by atoms with Crippen molar-refractivity contribution in [3.05, 3.63) is 224 Å². The number of nitrogens with zero attached hydrogens (tertiary/aromatic N) is 3. The molecular weight excluding hydrogens is 739 g/mol. The minimum Gasteiger partial charge on any atom is -0.309 e. The van der Waals surface area contributed by atoms with Gasteiger partial charge in [0.2, 0.25) is 0 Å². The highest BCUT2D eigenvalue weighted by atomic mass is 15.0. The van der Waals surface area contributed by atoms with Crippen LogP contribution in [-0.2, 0) is 0 Å². The number of hydrogen-bond acceptors (Lipinski definition) is 0. The van der Waals surface area contributed by atoms with E-state index >= 15 is 0 Å². The van der Waals surface area contributed by atoms with Gasteiger partial charge in [-0.1, -0.05) is 152 Å². The van der Waals surface area contributed by atoms with Crippen LogP contribution in [0.5, 0.6) is 0 Å². The molecule has 0 N–H and O–H groups in total. The highest BCUT2D eigenvalue weighted by Gasteiger charge is 2.22. The van der Waals surface area contributed by atoms with Gasteiger partial charge < -0.3 is 13.7 Å². The molecule has 0 fully saturated rings. The van der Waals surface area contributed by atoms with Crippen LogP contribution in [0.25, 0.3) is 116 Å². The van der Waals surface area contributed by atoms with E-state index in [1.807, 2.05) is 0 Å². The fourth-order valence-corrected chi connectivity index (χ4v) is 10.1. The van der Waals surface area contributed by atoms with Gasteiger partial charge in [0.25, 0.3) is 0 Å². The molecule has 0 amide bonds. The van der Waals surface area contributed by atoms with Gasteiger partial charge in [-0.05, 0) is 100 Å². The van der Waals surface area contributed by atoms with Crippen LogP contribution in [0.1, 0.15) is 0 Å². The van der Waals surface area contributed by atoms with Crippen LogP contribution in [0.15, 0.2) is 224 Å². The van der Waals surface area contributed by atoms with Crippen molar-refractivity contribution >= 4 is 76.2 Å². The highest BCUT2D eigenvalue weighted by molar-refractivity contribution is 6.27. The molecule has 0 spiro atoms. The molecule has 0 aliphatic heterocycles. The summed E-state index contributed by atoms with van der Waals surface area (Å²) in [5.74, 6) is 0. The summed E-state index contributed by atoms with van der Waals surface area (Å²) >= 11 is 0. The van der Waals surface area contributed by atoms with Crippen LogP contribution in [-0.4, -0.2) is 13.7 Å². The fraction of sp³-hybridized carbons (Fsp3) is 0. The Hall–Kier alpha value is -8.14. The second-order valence-corrected chi connectivity index (χ2v) is 16.1. The van der Waals surface area contributed by atoms with Crippen LogP contribution in [0.4, 0.5) is 0 Å². The van der Waals surface area contributed by atoms with Crippen molar-refractivity contribution in [2.75, 3.05) is 0 Å². The summed E-state index contributed by atoms with van der Waals surface area (Å²) in [5.41, 5.74) is 15.5. The van der Waals surface area contributed by atoms with Crippen molar-refractivity contribution in [3.63, 3.8) is 0 Å². The van der Waals surface area contributed by atoms with Gasteiger partial charge in [0.15, 0.2) is 0 Å². The molecule has 13 aromatic rings. The SMILES string of the molecule is c1ccc(-c2ccc(-n3c4ccccc4c4cc(-c5ccc6c(c5)c5ccc7c(c8ccccc8n7-c7ccccc7)c5n6-c5cccc6ccccc56)ccc43)cc2)cc1. The zero-order valence-electron chi connectivity index (χ0n) is 33.2. The maximum atomic E-state index is 2.53. The second-order valence-electron chi connectivity index (χ2n) is 16.1. The average molecular weight is 776 g/mol. The first-order valence-electron chi connectivity index (χ1n) is 21.0. The monoisotopic (exact) mass is 775 g/mol. The molecule has 0 radical (unpaired) electrons. The third-order valence-corrected chi connectivity index (χ3v) is 12.8. The molecule has 0 atom stereocenters. The highest BCUT2D eigenvalue weighted by Crippen LogP contribution is 2.44. The Morgan fingerprint density at radius 3 is 1.49 bits per heavy atom. The number of fused-ring (bicyclic) bond motifs is 11. The van der Waals surface area contributed by atoms with Gasteiger partial charge in [-0.15, -0.1) is 0 Å². The molecule has 0 aliphatic carbocycles. The quantitative estimate of drug-likeness (QED) is 0.165. The van der Waals surface area contributed by atoms with Gasteiger partial charge >= 0.3 is 0 Å². The summed E-state index contributed by atoms with van der Waals surface area (Å²) in [6.07, 6.45) is 0. The predicted octanol–water partition coefficient (Wildman–Crippen LogP) is 15.5. The van der Waals surface area contributed by atoms with Crippen molar-refractivity contribution in [2.45, 2.75) is 0 Å². The third kappa shape index (κ3) is 5.04. The topological polar surface area (TPSA) is 14.8 Å². The van der Waals surface area contributed by atoms with E-state index in [1.54, 1.807) is 0 Å². The first-order valence-corrected chi connectivity index (χ1v) is 21.0. The lowest BCUT2D eigenvalue weighted by molar-refractivity contribution is 1.18. The maximum Gasteiger partial charge on any atom is 0.0641 e. The fourth-order valence-electron chi connectivity index (χ4n) is 10.1. The van der Waals surface area contributed by atoms with Crippen LogP contribution >= 0.6 is 0 Å². The molecule has 3 heteroatoms. The molecule has 3 nitrogen and oxygen atoms in total. The Morgan fingerprint density at radius 2 is 0.738 bits per heavy atom. The third-order valence-electron chi connectivity index (χ3n) is 12.8. The summed E-state index contributed by atoms with van der Waals surface area (Å²) in [7, 11) is 0. The molecule has 10 aromatic carbocycles. The van der Waals surface area contributed by atoms with E-state index in [2.05, 4.69) is 238 Å². The summed E-state index contributed by atoms with van der Waals surface area (Å²) in [5, 5.41) is 9.93. The molecule has 13 rings (SSSR count). The molecule has 0 unspecified atom stereocenters. The number of para-hydroxylation sites is 3. The number of rotatable bonds is 5. The zero-order valence-corrected chi connectivity index (χ0v) is 33.2. The van der Waals surface area contributed by atoms with Gasteiger partial charge in [-0.25, -0.2) is 0 Å². The van der Waals surface area contributed by atoms with Gasteiger partial charge in [0.05, 0.1) is 38.8 Å². The van der Waals surface area contributed by atoms with E-state index in [9.17, 15) is 0 Å². The first kappa shape index (κ1) is 33.8. The summed E-state index contributed by atoms with van der Waals surface area (Å²) < 4.78 is 7.35. The molecule has 0 saturated heterocycles. The standard InChI is InChI=1S/C58H37N3/c1-3-14-38(15-4-1)39-26-30-44(31-27-39)59-52-23-11-9-21-46(52)49-36-41(28-33-54(49)59)42-29-34-55-50(37-42)47-32-35-56-57(48-22-10-12-24-53(48)60(56)43-18-5-2-6-19-43)58(47)61(55)51-25-13-17-40-16-7-8-20-45(40)51/h1-37H. The van der Waals surface area contributed by atoms with Crippen molar-refractivity contribution in [1.82, 2.24) is 13.7 Å². The second kappa shape index (κ2) is 13.2. The Kier molecular flexibility index (Phi) is 7.31. The number of benzene rings is 10. The lowest BCUT2D eigenvalue weighted by atomic mass is 10.00. The Morgan fingerprint density at radius 1 is 0.246 bits per heavy atom. The average Bonchev–Trinajstić information content (AvgIpc) is 3.97. The molecule has 0 bridgehead atoms. The number of aromatic nitrogens is 3. The van der Waals surface area contributed by atoms with Gasteiger partial charge in [-0.3, -0.25) is 0 Å². The van der Waals surface area contributed by atoms with E-state index in [-0.39, 0.29) is 0 Å². The van der Waals surface area contributed by atoms with E-state index in [0.717, 1.165) is 11.4 Å². The van der Waals surface area contributed by atoms with Crippen LogP contribution in [0.3, 0.4) is 0 Å². The van der Waals surface area contributed by atoms with Crippen molar-refractivity contribution in [3.8, 4) is 39.3 Å². The summed E-state index contributed by atoms with van der Waals surface area (Å²) in [6.45, 7) is 0. The van der Waals surface area contributed by atoms with Crippen molar-refractivity contribution in [2.24, 2.45) is 0 Å². The molecular formula is C58H37N3. The lowest BCUT2D eigenvalue weighted by Crippen LogP contribution is -1.96. The lowest BCUT2D eigenvalue weighted by Gasteiger charge is -2.13. The van der Waals surface area contributed by atoms with Gasteiger partial charge in [0, 0.05) is 49.1 Å². The van der Waals surface area contributed by atoms with Crippen molar-refractivity contribution < 1.29 is 0 Å². The Bertz CT molecular complexity index is 3840. The summed E-state index contributed by atoms with van der Waals surface area (Å²) in [6, 6.07) is 82.2. The molecule has 3 heterocycles. The van der Waals surface area contributed by atoms with E-state index < -0.39 is 0 Å². The van der Waals surface area contributed by atoms with E-state index in [0.29, 0.717) is 0 Å². The molecule has 284 valence electrons. The largest absolute Gasteiger partial charge is 0.309 e. The number of hydrogen-bond donors (Lipinski definition) is 0. The normalized spacial score (nSPS) is 11.9. The van der Waals surface area contributed by atoms with Crippen LogP contribution in [0, 0.1) is 0 Å². The van der Waals surface area contributed by atoms with Crippen molar-refractivity contribution in [1.29, 1.82) is 0 Å².